The normalized spacial score (nSPS) is 18.8. The van der Waals surface area contributed by atoms with Crippen LogP contribution in [0.3, 0.4) is 0 Å². The molecule has 2 aliphatic heterocycles. The van der Waals surface area contributed by atoms with Gasteiger partial charge in [0.05, 0.1) is 31.5 Å². The molecule has 4 aromatic rings. The molecule has 2 saturated heterocycles. The third kappa shape index (κ3) is 6.83. The number of carbonyl (C=O) groups excluding carboxylic acids is 1. The SMILES string of the molecule is COc1nc(OC)c(CN2C[C@@H]3CN(C(=O)c4cccnc4)CCN3[C@H](C(c3ccccc3)c3ccccc3)C2)c(OC(C)C)n1. The molecular formula is C36H42N6O4. The monoisotopic (exact) mass is 622 g/mol. The number of benzene rings is 2. The van der Waals surface area contributed by atoms with Crippen molar-refractivity contribution >= 4 is 5.91 Å². The van der Waals surface area contributed by atoms with Crippen LogP contribution in [0.2, 0.25) is 0 Å². The van der Waals surface area contributed by atoms with Crippen molar-refractivity contribution in [2.24, 2.45) is 0 Å². The quantitative estimate of drug-likeness (QED) is 0.253. The molecule has 2 fully saturated rings. The third-order valence-electron chi connectivity index (χ3n) is 8.78. The van der Waals surface area contributed by atoms with E-state index in [1.807, 2.05) is 30.9 Å². The van der Waals surface area contributed by atoms with E-state index in [1.165, 1.54) is 18.2 Å². The Kier molecular flexibility index (Phi) is 9.75. The van der Waals surface area contributed by atoms with Crippen molar-refractivity contribution in [3.05, 3.63) is 107 Å². The zero-order valence-electron chi connectivity index (χ0n) is 27.0. The molecule has 0 N–H and O–H groups in total. The second-order valence-electron chi connectivity index (χ2n) is 12.1. The number of fused-ring (bicyclic) bond motifs is 1. The van der Waals surface area contributed by atoms with Crippen molar-refractivity contribution in [2.75, 3.05) is 46.9 Å². The van der Waals surface area contributed by atoms with Gasteiger partial charge in [0.2, 0.25) is 11.8 Å². The molecular weight excluding hydrogens is 580 g/mol. The molecule has 46 heavy (non-hydrogen) atoms. The summed E-state index contributed by atoms with van der Waals surface area (Å²) >= 11 is 0. The zero-order valence-corrected chi connectivity index (χ0v) is 27.0. The number of hydrogen-bond donors (Lipinski definition) is 0. The number of amides is 1. The molecule has 2 atom stereocenters. The van der Waals surface area contributed by atoms with Crippen LogP contribution in [0.1, 0.15) is 46.8 Å². The molecule has 6 rings (SSSR count). The number of aromatic nitrogens is 3. The van der Waals surface area contributed by atoms with Crippen molar-refractivity contribution < 1.29 is 19.0 Å². The Hall–Kier alpha value is -4.54. The first-order valence-electron chi connectivity index (χ1n) is 15.9. The summed E-state index contributed by atoms with van der Waals surface area (Å²) in [6.45, 7) is 8.05. The molecule has 2 aromatic carbocycles. The van der Waals surface area contributed by atoms with Gasteiger partial charge in [0.25, 0.3) is 5.91 Å². The van der Waals surface area contributed by atoms with Crippen LogP contribution in [-0.2, 0) is 6.54 Å². The van der Waals surface area contributed by atoms with E-state index < -0.39 is 0 Å². The van der Waals surface area contributed by atoms with Gasteiger partial charge in [-0.15, -0.1) is 0 Å². The van der Waals surface area contributed by atoms with E-state index in [0.717, 1.165) is 25.2 Å². The predicted octanol–water partition coefficient (Wildman–Crippen LogP) is 4.52. The molecule has 2 aromatic heterocycles. The minimum absolute atomic E-state index is 0.0157. The van der Waals surface area contributed by atoms with E-state index in [4.69, 9.17) is 14.2 Å². The van der Waals surface area contributed by atoms with Crippen molar-refractivity contribution in [1.29, 1.82) is 0 Å². The van der Waals surface area contributed by atoms with Crippen molar-refractivity contribution in [3.8, 4) is 17.8 Å². The van der Waals surface area contributed by atoms with Crippen LogP contribution >= 0.6 is 0 Å². The number of pyridine rings is 1. The number of ether oxygens (including phenoxy) is 3. The fourth-order valence-electron chi connectivity index (χ4n) is 6.82. The number of hydrogen-bond acceptors (Lipinski definition) is 9. The molecule has 2 aliphatic rings. The number of rotatable bonds is 10. The number of nitrogens with zero attached hydrogens (tertiary/aromatic N) is 6. The van der Waals surface area contributed by atoms with Crippen LogP contribution in [0.4, 0.5) is 0 Å². The van der Waals surface area contributed by atoms with Gasteiger partial charge in [-0.3, -0.25) is 19.6 Å². The Morgan fingerprint density at radius 1 is 0.848 bits per heavy atom. The van der Waals surface area contributed by atoms with Crippen molar-refractivity contribution in [3.63, 3.8) is 0 Å². The van der Waals surface area contributed by atoms with Crippen LogP contribution in [-0.4, -0.2) is 101 Å². The van der Waals surface area contributed by atoms with Gasteiger partial charge >= 0.3 is 6.01 Å². The van der Waals surface area contributed by atoms with Gasteiger partial charge in [-0.05, 0) is 37.1 Å². The van der Waals surface area contributed by atoms with Gasteiger partial charge in [-0.1, -0.05) is 60.7 Å². The van der Waals surface area contributed by atoms with Crippen LogP contribution in [0.15, 0.2) is 85.2 Å². The summed E-state index contributed by atoms with van der Waals surface area (Å²) in [5.41, 5.74) is 3.92. The second kappa shape index (κ2) is 14.3. The van der Waals surface area contributed by atoms with Gasteiger partial charge in [-0.2, -0.15) is 9.97 Å². The fraction of sp³-hybridized carbons (Fsp3) is 0.389. The Balaban J connectivity index is 1.38. The summed E-state index contributed by atoms with van der Waals surface area (Å²) in [5, 5.41) is 0. The highest BCUT2D eigenvalue weighted by atomic mass is 16.5. The second-order valence-corrected chi connectivity index (χ2v) is 12.1. The summed E-state index contributed by atoms with van der Waals surface area (Å²) in [4.78, 5) is 33.9. The topological polar surface area (TPSA) is 93.2 Å². The highest BCUT2D eigenvalue weighted by Crippen LogP contribution is 2.37. The summed E-state index contributed by atoms with van der Waals surface area (Å²) in [6.07, 6.45) is 3.25. The maximum Gasteiger partial charge on any atom is 0.322 e. The van der Waals surface area contributed by atoms with Crippen molar-refractivity contribution in [2.45, 2.75) is 44.5 Å². The van der Waals surface area contributed by atoms with Gasteiger partial charge in [0.1, 0.15) is 0 Å². The lowest BCUT2D eigenvalue weighted by Gasteiger charge is -2.53. The van der Waals surface area contributed by atoms with Gasteiger partial charge in [0, 0.05) is 69.7 Å². The molecule has 1 amide bonds. The smallest absolute Gasteiger partial charge is 0.322 e. The molecule has 0 radical (unpaired) electrons. The molecule has 0 aliphatic carbocycles. The van der Waals surface area contributed by atoms with E-state index in [2.05, 4.69) is 85.4 Å². The first kappa shape index (κ1) is 31.4. The molecule has 0 spiro atoms. The highest BCUT2D eigenvalue weighted by Gasteiger charge is 2.43. The minimum atomic E-state index is -0.0985. The van der Waals surface area contributed by atoms with E-state index in [0.29, 0.717) is 37.0 Å². The summed E-state index contributed by atoms with van der Waals surface area (Å²) in [7, 11) is 3.14. The van der Waals surface area contributed by atoms with Gasteiger partial charge in [0.15, 0.2) is 0 Å². The minimum Gasteiger partial charge on any atom is -0.481 e. The molecule has 0 unspecified atom stereocenters. The lowest BCUT2D eigenvalue weighted by molar-refractivity contribution is -0.0293. The Bertz CT molecular complexity index is 1550. The fourth-order valence-corrected chi connectivity index (χ4v) is 6.82. The van der Waals surface area contributed by atoms with E-state index in [9.17, 15) is 4.79 Å². The Morgan fingerprint density at radius 2 is 1.54 bits per heavy atom. The van der Waals surface area contributed by atoms with Gasteiger partial charge in [-0.25, -0.2) is 0 Å². The number of carbonyl (C=O) groups is 1. The first-order valence-corrected chi connectivity index (χ1v) is 15.9. The lowest BCUT2D eigenvalue weighted by atomic mass is 9.81. The average molecular weight is 623 g/mol. The van der Waals surface area contributed by atoms with Crippen LogP contribution < -0.4 is 14.2 Å². The largest absolute Gasteiger partial charge is 0.481 e. The summed E-state index contributed by atoms with van der Waals surface area (Å²) in [6, 6.07) is 25.6. The molecule has 10 nitrogen and oxygen atoms in total. The van der Waals surface area contributed by atoms with Crippen molar-refractivity contribution in [1.82, 2.24) is 29.7 Å². The predicted molar refractivity (Wildman–Crippen MR) is 175 cm³/mol. The number of methoxy groups -OCH3 is 2. The van der Waals surface area contributed by atoms with E-state index in [-0.39, 0.29) is 36.0 Å². The molecule has 10 heteroatoms. The zero-order chi connectivity index (χ0) is 32.0. The van der Waals surface area contributed by atoms with Gasteiger partial charge < -0.3 is 19.1 Å². The molecule has 0 saturated carbocycles. The van der Waals surface area contributed by atoms with Crippen LogP contribution in [0.5, 0.6) is 17.8 Å². The summed E-state index contributed by atoms with van der Waals surface area (Å²) in [5.74, 6) is 1.02. The molecule has 0 bridgehead atoms. The van der Waals surface area contributed by atoms with Crippen LogP contribution in [0.25, 0.3) is 0 Å². The Labute approximate surface area is 271 Å². The van der Waals surface area contributed by atoms with E-state index in [1.54, 1.807) is 19.5 Å². The lowest BCUT2D eigenvalue weighted by Crippen LogP contribution is -2.67. The third-order valence-corrected chi connectivity index (χ3v) is 8.78. The number of piperazine rings is 2. The average Bonchev–Trinajstić information content (AvgIpc) is 3.09. The molecule has 240 valence electrons. The maximum atomic E-state index is 13.6. The highest BCUT2D eigenvalue weighted by molar-refractivity contribution is 5.94. The standard InChI is InChI=1S/C36H42N6O4/c1-25(2)46-34-30(33(44-3)38-36(39-34)45-4)23-40-21-29-22-41(35(43)28-16-11-17-37-20-28)18-19-42(29)31(24-40)32(26-12-7-5-8-13-26)27-14-9-6-10-15-27/h5-17,20,25,29,31-32H,18-19,21-24H2,1-4H3/t29-,31+/m1/s1. The van der Waals surface area contributed by atoms with Crippen LogP contribution in [0, 0.1) is 0 Å². The molecule has 4 heterocycles. The van der Waals surface area contributed by atoms with E-state index >= 15 is 0 Å². The first-order chi connectivity index (χ1) is 22.4. The maximum absolute atomic E-state index is 13.6. The summed E-state index contributed by atoms with van der Waals surface area (Å²) < 4.78 is 17.3. The Morgan fingerprint density at radius 3 is 2.15 bits per heavy atom.